The van der Waals surface area contributed by atoms with Crippen LogP contribution in [0.25, 0.3) is 0 Å². The fourth-order valence-electron chi connectivity index (χ4n) is 2.49. The van der Waals surface area contributed by atoms with Gasteiger partial charge >= 0.3 is 0 Å². The highest BCUT2D eigenvalue weighted by molar-refractivity contribution is 7.80. The highest BCUT2D eigenvalue weighted by Crippen LogP contribution is 2.18. The van der Waals surface area contributed by atoms with Crippen molar-refractivity contribution in [2.75, 3.05) is 19.8 Å². The first kappa shape index (κ1) is 22.6. The van der Waals surface area contributed by atoms with Gasteiger partial charge in [0.05, 0.1) is 18.3 Å². The smallest absolute Gasteiger partial charge is 0.261 e. The van der Waals surface area contributed by atoms with Crippen molar-refractivity contribution < 1.29 is 19.0 Å². The molecule has 2 N–H and O–H groups in total. The first-order chi connectivity index (χ1) is 14.0. The number of ether oxygens (including phenoxy) is 3. The van der Waals surface area contributed by atoms with Gasteiger partial charge in [0.2, 0.25) is 0 Å². The van der Waals surface area contributed by atoms with E-state index >= 15 is 0 Å². The summed E-state index contributed by atoms with van der Waals surface area (Å²) in [6, 6.07) is 14.8. The SMILES string of the molecule is CCOCCOc1ccccc1C(=O)NC(=S)NCc1ccc(OC(C)C)cc1. The fraction of sp³-hybridized carbons (Fsp3) is 0.364. The van der Waals surface area contributed by atoms with Gasteiger partial charge in [-0.3, -0.25) is 10.1 Å². The van der Waals surface area contributed by atoms with E-state index in [1.807, 2.05) is 51.1 Å². The standard InChI is InChI=1S/C22H28N2O4S/c1-4-26-13-14-27-20-8-6-5-7-19(20)21(25)24-22(29)23-15-17-9-11-18(12-10-17)28-16(2)3/h5-12,16H,4,13-15H2,1-3H3,(H2,23,24,25,29). The maximum atomic E-state index is 12.6. The van der Waals surface area contributed by atoms with Crippen molar-refractivity contribution in [2.24, 2.45) is 0 Å². The zero-order valence-corrected chi connectivity index (χ0v) is 17.9. The van der Waals surface area contributed by atoms with E-state index < -0.39 is 0 Å². The Hall–Kier alpha value is -2.64. The van der Waals surface area contributed by atoms with Gasteiger partial charge in [-0.1, -0.05) is 24.3 Å². The topological polar surface area (TPSA) is 68.8 Å². The monoisotopic (exact) mass is 416 g/mol. The molecule has 7 heteroatoms. The normalized spacial score (nSPS) is 10.5. The number of para-hydroxylation sites is 1. The molecule has 0 fully saturated rings. The highest BCUT2D eigenvalue weighted by Gasteiger charge is 2.13. The minimum Gasteiger partial charge on any atom is -0.491 e. The van der Waals surface area contributed by atoms with E-state index in [1.165, 1.54) is 0 Å². The summed E-state index contributed by atoms with van der Waals surface area (Å²) < 4.78 is 16.5. The van der Waals surface area contributed by atoms with Gasteiger partial charge in [-0.05, 0) is 62.8 Å². The number of hydrogen-bond donors (Lipinski definition) is 2. The van der Waals surface area contributed by atoms with Gasteiger partial charge in [0.25, 0.3) is 5.91 Å². The molecule has 0 aliphatic rings. The van der Waals surface area contributed by atoms with Crippen molar-refractivity contribution in [2.45, 2.75) is 33.4 Å². The van der Waals surface area contributed by atoms with Crippen molar-refractivity contribution in [3.8, 4) is 11.5 Å². The second-order valence-corrected chi connectivity index (χ2v) is 6.90. The number of benzene rings is 2. The molecule has 0 aromatic heterocycles. The number of amides is 1. The molecular formula is C22H28N2O4S. The third kappa shape index (κ3) is 8.09. The lowest BCUT2D eigenvalue weighted by Gasteiger charge is -2.13. The Morgan fingerprint density at radius 3 is 2.48 bits per heavy atom. The van der Waals surface area contributed by atoms with Crippen LogP contribution in [0.15, 0.2) is 48.5 Å². The molecule has 2 aromatic rings. The van der Waals surface area contributed by atoms with Gasteiger partial charge in [0, 0.05) is 13.2 Å². The van der Waals surface area contributed by atoms with Gasteiger partial charge in [-0.2, -0.15) is 0 Å². The van der Waals surface area contributed by atoms with Crippen LogP contribution in [0, 0.1) is 0 Å². The predicted molar refractivity (Wildman–Crippen MR) is 118 cm³/mol. The summed E-state index contributed by atoms with van der Waals surface area (Å²) in [4.78, 5) is 12.6. The fourth-order valence-corrected chi connectivity index (χ4v) is 2.65. The largest absolute Gasteiger partial charge is 0.491 e. The number of nitrogens with one attached hydrogen (secondary N) is 2. The Kier molecular flexibility index (Phi) is 9.40. The van der Waals surface area contributed by atoms with E-state index in [4.69, 9.17) is 26.4 Å². The number of hydrogen-bond acceptors (Lipinski definition) is 5. The number of carbonyl (C=O) groups excluding carboxylic acids is 1. The zero-order chi connectivity index (χ0) is 21.1. The molecule has 0 unspecified atom stereocenters. The Bertz CT molecular complexity index is 794. The van der Waals surface area contributed by atoms with Crippen LogP contribution in [-0.4, -0.2) is 36.9 Å². The molecule has 0 atom stereocenters. The van der Waals surface area contributed by atoms with Crippen LogP contribution < -0.4 is 20.1 Å². The average Bonchev–Trinajstić information content (AvgIpc) is 2.70. The molecule has 0 saturated heterocycles. The molecule has 0 aliphatic carbocycles. The Balaban J connectivity index is 1.85. The van der Waals surface area contributed by atoms with Gasteiger partial charge in [0.15, 0.2) is 5.11 Å². The quantitative estimate of drug-likeness (QED) is 0.455. The van der Waals surface area contributed by atoms with E-state index in [0.717, 1.165) is 11.3 Å². The third-order valence-corrected chi connectivity index (χ3v) is 4.04. The number of thiocarbonyl (C=S) groups is 1. The van der Waals surface area contributed by atoms with Crippen LogP contribution in [0.2, 0.25) is 0 Å². The van der Waals surface area contributed by atoms with Crippen LogP contribution in [0.1, 0.15) is 36.7 Å². The number of rotatable bonds is 10. The minimum absolute atomic E-state index is 0.132. The van der Waals surface area contributed by atoms with Crippen LogP contribution in [0.5, 0.6) is 11.5 Å². The van der Waals surface area contributed by atoms with Crippen LogP contribution in [0.3, 0.4) is 0 Å². The molecule has 0 aliphatic heterocycles. The van der Waals surface area contributed by atoms with Gasteiger partial charge in [0.1, 0.15) is 18.1 Å². The second kappa shape index (κ2) is 12.0. The summed E-state index contributed by atoms with van der Waals surface area (Å²) in [5, 5.41) is 5.98. The molecule has 0 heterocycles. The lowest BCUT2D eigenvalue weighted by molar-refractivity contribution is 0.0957. The molecule has 0 bridgehead atoms. The van der Waals surface area contributed by atoms with Crippen molar-refractivity contribution in [3.63, 3.8) is 0 Å². The summed E-state index contributed by atoms with van der Waals surface area (Å²) >= 11 is 5.25. The zero-order valence-electron chi connectivity index (χ0n) is 17.1. The van der Waals surface area contributed by atoms with Crippen molar-refractivity contribution in [1.82, 2.24) is 10.6 Å². The maximum absolute atomic E-state index is 12.6. The van der Waals surface area contributed by atoms with E-state index in [2.05, 4.69) is 10.6 Å². The first-order valence-corrected chi connectivity index (χ1v) is 10.0. The van der Waals surface area contributed by atoms with Gasteiger partial charge in [-0.15, -0.1) is 0 Å². The Morgan fingerprint density at radius 1 is 1.07 bits per heavy atom. The third-order valence-electron chi connectivity index (χ3n) is 3.80. The van der Waals surface area contributed by atoms with E-state index in [-0.39, 0.29) is 17.1 Å². The molecule has 29 heavy (non-hydrogen) atoms. The van der Waals surface area contributed by atoms with E-state index in [0.29, 0.717) is 37.7 Å². The summed E-state index contributed by atoms with van der Waals surface area (Å²) in [6.07, 6.45) is 0.132. The van der Waals surface area contributed by atoms with Crippen LogP contribution in [-0.2, 0) is 11.3 Å². The molecule has 156 valence electrons. The van der Waals surface area contributed by atoms with E-state index in [9.17, 15) is 4.79 Å². The minimum atomic E-state index is -0.324. The first-order valence-electron chi connectivity index (χ1n) is 9.64. The van der Waals surface area contributed by atoms with Crippen molar-refractivity contribution in [3.05, 3.63) is 59.7 Å². The summed E-state index contributed by atoms with van der Waals surface area (Å²) in [6.45, 7) is 7.85. The maximum Gasteiger partial charge on any atom is 0.261 e. The molecule has 2 aromatic carbocycles. The Morgan fingerprint density at radius 2 is 1.79 bits per heavy atom. The molecule has 0 spiro atoms. The lowest BCUT2D eigenvalue weighted by Crippen LogP contribution is -2.39. The highest BCUT2D eigenvalue weighted by atomic mass is 32.1. The van der Waals surface area contributed by atoms with Crippen LogP contribution >= 0.6 is 12.2 Å². The van der Waals surface area contributed by atoms with Crippen molar-refractivity contribution in [1.29, 1.82) is 0 Å². The second-order valence-electron chi connectivity index (χ2n) is 6.49. The summed E-state index contributed by atoms with van der Waals surface area (Å²) in [5.74, 6) is 0.990. The van der Waals surface area contributed by atoms with Gasteiger partial charge in [-0.25, -0.2) is 0 Å². The molecule has 2 rings (SSSR count). The molecule has 0 radical (unpaired) electrons. The molecule has 6 nitrogen and oxygen atoms in total. The Labute approximate surface area is 177 Å². The molecular weight excluding hydrogens is 388 g/mol. The van der Waals surface area contributed by atoms with Gasteiger partial charge < -0.3 is 19.5 Å². The average molecular weight is 417 g/mol. The number of carbonyl (C=O) groups is 1. The predicted octanol–water partition coefficient (Wildman–Crippen LogP) is 3.69. The summed E-state index contributed by atoms with van der Waals surface area (Å²) in [7, 11) is 0. The van der Waals surface area contributed by atoms with Crippen molar-refractivity contribution >= 4 is 23.2 Å². The summed E-state index contributed by atoms with van der Waals surface area (Å²) in [5.41, 5.74) is 1.45. The molecule has 1 amide bonds. The van der Waals surface area contributed by atoms with E-state index in [1.54, 1.807) is 18.2 Å². The van der Waals surface area contributed by atoms with Crippen LogP contribution in [0.4, 0.5) is 0 Å². The lowest BCUT2D eigenvalue weighted by atomic mass is 10.2. The molecule has 0 saturated carbocycles.